The van der Waals surface area contributed by atoms with Crippen LogP contribution in [0.25, 0.3) is 0 Å². The topological polar surface area (TPSA) is 117 Å². The lowest BCUT2D eigenvalue weighted by molar-refractivity contribution is -0.389. The summed E-state index contributed by atoms with van der Waals surface area (Å²) in [6.07, 6.45) is 4.53. The van der Waals surface area contributed by atoms with Crippen molar-refractivity contribution >= 4 is 5.82 Å². The number of fused-ring (bicyclic) bond motifs is 1. The van der Waals surface area contributed by atoms with E-state index in [1.54, 1.807) is 16.7 Å². The molecule has 6 rings (SSSR count). The first-order valence-electron chi connectivity index (χ1n) is 13.5. The summed E-state index contributed by atoms with van der Waals surface area (Å²) in [4.78, 5) is 24.1. The zero-order valence-electron chi connectivity index (χ0n) is 21.6. The molecule has 1 aliphatic heterocycles. The Morgan fingerprint density at radius 2 is 1.75 bits per heavy atom. The van der Waals surface area contributed by atoms with E-state index in [0.717, 1.165) is 61.2 Å². The smallest absolute Gasteiger partial charge is 0.444 e. The monoisotopic (exact) mass is 558 g/mol. The highest BCUT2D eigenvalue weighted by Gasteiger charge is 2.33. The van der Waals surface area contributed by atoms with Crippen molar-refractivity contribution in [3.8, 4) is 11.8 Å². The van der Waals surface area contributed by atoms with E-state index in [1.807, 2.05) is 6.20 Å². The van der Waals surface area contributed by atoms with Gasteiger partial charge in [0, 0.05) is 41.7 Å². The SMILES string of the molecule is O=[N+]([O-])c1cn2c(n1)OC[C@@H](NCc1cnc(C3CCC(c4ccc(OC(F)(F)F)cc4)CC3)nc1C1CC1)C2. The van der Waals surface area contributed by atoms with E-state index in [2.05, 4.69) is 15.0 Å². The standard InChI is InChI=1S/C27H29F3N6O4/c28-27(29,30)40-22-9-7-17(8-10-22)16-1-5-19(6-2-16)25-32-12-20(24(34-25)18-3-4-18)11-31-21-13-35-14-23(36(37)38)33-26(35)39-15-21/h7-10,12,14,16,18-19,21,31H,1-6,11,13,15H2/t16?,19?,21-/m0/s1. The van der Waals surface area contributed by atoms with Gasteiger partial charge in [-0.05, 0) is 67.1 Å². The molecule has 2 aromatic heterocycles. The zero-order chi connectivity index (χ0) is 27.9. The van der Waals surface area contributed by atoms with Crippen molar-refractivity contribution in [3.05, 3.63) is 69.4 Å². The molecule has 13 heteroatoms. The quantitative estimate of drug-likeness (QED) is 0.291. The van der Waals surface area contributed by atoms with E-state index in [0.29, 0.717) is 25.6 Å². The lowest BCUT2D eigenvalue weighted by atomic mass is 9.78. The fraction of sp³-hybridized carbons (Fsp3) is 0.519. The van der Waals surface area contributed by atoms with Crippen molar-refractivity contribution in [3.63, 3.8) is 0 Å². The summed E-state index contributed by atoms with van der Waals surface area (Å²) in [5.74, 6) is 1.43. The van der Waals surface area contributed by atoms with Gasteiger partial charge in [0.25, 0.3) is 0 Å². The van der Waals surface area contributed by atoms with Crippen LogP contribution in [0, 0.1) is 10.1 Å². The van der Waals surface area contributed by atoms with Crippen LogP contribution in [0.1, 0.15) is 78.9 Å². The van der Waals surface area contributed by atoms with Gasteiger partial charge >= 0.3 is 18.2 Å². The van der Waals surface area contributed by atoms with Crippen LogP contribution >= 0.6 is 0 Å². The largest absolute Gasteiger partial charge is 0.573 e. The number of alkyl halides is 3. The van der Waals surface area contributed by atoms with Gasteiger partial charge in [-0.2, -0.15) is 0 Å². The van der Waals surface area contributed by atoms with Crippen molar-refractivity contribution in [1.29, 1.82) is 0 Å². The Morgan fingerprint density at radius 3 is 2.42 bits per heavy atom. The first-order chi connectivity index (χ1) is 19.2. The first kappa shape index (κ1) is 26.5. The molecule has 3 aromatic rings. The second kappa shape index (κ2) is 10.7. The number of aromatic nitrogens is 4. The Hall–Kier alpha value is -3.74. The van der Waals surface area contributed by atoms with Gasteiger partial charge in [0.1, 0.15) is 24.4 Å². The lowest BCUT2D eigenvalue weighted by Crippen LogP contribution is -2.41. The summed E-state index contributed by atoms with van der Waals surface area (Å²) in [6.45, 7) is 1.47. The molecular formula is C27H29F3N6O4. The summed E-state index contributed by atoms with van der Waals surface area (Å²) in [5.41, 5.74) is 3.18. The number of ether oxygens (including phenoxy) is 2. The number of imidazole rings is 1. The Morgan fingerprint density at radius 1 is 1.05 bits per heavy atom. The van der Waals surface area contributed by atoms with E-state index < -0.39 is 11.3 Å². The molecular weight excluding hydrogens is 529 g/mol. The Kier molecular flexibility index (Phi) is 7.07. The van der Waals surface area contributed by atoms with Gasteiger partial charge in [-0.1, -0.05) is 12.1 Å². The molecule has 2 aliphatic carbocycles. The van der Waals surface area contributed by atoms with Gasteiger partial charge in [-0.3, -0.25) is 4.57 Å². The molecule has 10 nitrogen and oxygen atoms in total. The Bertz CT molecular complexity index is 1370. The van der Waals surface area contributed by atoms with Crippen LogP contribution in [-0.2, 0) is 13.1 Å². The van der Waals surface area contributed by atoms with Crippen LogP contribution < -0.4 is 14.8 Å². The second-order valence-electron chi connectivity index (χ2n) is 10.8. The summed E-state index contributed by atoms with van der Waals surface area (Å²) >= 11 is 0. The predicted octanol–water partition coefficient (Wildman–Crippen LogP) is 5.35. The molecule has 2 saturated carbocycles. The molecule has 212 valence electrons. The normalized spacial score (nSPS) is 22.8. The number of rotatable bonds is 8. The fourth-order valence-corrected chi connectivity index (χ4v) is 5.67. The first-order valence-corrected chi connectivity index (χ1v) is 13.5. The van der Waals surface area contributed by atoms with Crippen molar-refractivity contribution in [1.82, 2.24) is 24.8 Å². The minimum absolute atomic E-state index is 0.0302. The average Bonchev–Trinajstić information content (AvgIpc) is 3.69. The zero-order valence-corrected chi connectivity index (χ0v) is 21.6. The highest BCUT2D eigenvalue weighted by molar-refractivity contribution is 5.31. The molecule has 1 N–H and O–H groups in total. The summed E-state index contributed by atoms with van der Waals surface area (Å²) in [7, 11) is 0. The molecule has 0 bridgehead atoms. The van der Waals surface area contributed by atoms with Crippen LogP contribution in [0.3, 0.4) is 0 Å². The van der Waals surface area contributed by atoms with E-state index in [4.69, 9.17) is 14.7 Å². The Balaban J connectivity index is 1.06. The van der Waals surface area contributed by atoms with Crippen LogP contribution in [0.5, 0.6) is 11.8 Å². The summed E-state index contributed by atoms with van der Waals surface area (Å²) < 4.78 is 48.6. The summed E-state index contributed by atoms with van der Waals surface area (Å²) in [5, 5.41) is 14.5. The summed E-state index contributed by atoms with van der Waals surface area (Å²) in [6, 6.07) is 6.44. The molecule has 0 saturated heterocycles. The molecule has 2 fully saturated rings. The van der Waals surface area contributed by atoms with Gasteiger partial charge in [0.2, 0.25) is 0 Å². The third-order valence-electron chi connectivity index (χ3n) is 7.88. The van der Waals surface area contributed by atoms with Gasteiger partial charge in [0.05, 0.1) is 11.7 Å². The van der Waals surface area contributed by atoms with Gasteiger partial charge in [-0.25, -0.2) is 9.97 Å². The third-order valence-corrected chi connectivity index (χ3v) is 7.88. The van der Waals surface area contributed by atoms with E-state index in [1.165, 1.54) is 18.3 Å². The minimum Gasteiger partial charge on any atom is -0.444 e. The fourth-order valence-electron chi connectivity index (χ4n) is 5.67. The van der Waals surface area contributed by atoms with Crippen LogP contribution in [0.2, 0.25) is 0 Å². The molecule has 3 heterocycles. The number of halogens is 3. The molecule has 1 aromatic carbocycles. The lowest BCUT2D eigenvalue weighted by Gasteiger charge is -2.28. The van der Waals surface area contributed by atoms with E-state index in [9.17, 15) is 23.3 Å². The van der Waals surface area contributed by atoms with Crippen LogP contribution in [0.4, 0.5) is 19.0 Å². The molecule has 40 heavy (non-hydrogen) atoms. The minimum atomic E-state index is -4.69. The maximum atomic E-state index is 12.4. The third kappa shape index (κ3) is 6.03. The average molecular weight is 559 g/mol. The van der Waals surface area contributed by atoms with E-state index in [-0.39, 0.29) is 35.5 Å². The highest BCUT2D eigenvalue weighted by Crippen LogP contribution is 2.43. The molecule has 0 spiro atoms. The maximum absolute atomic E-state index is 12.4. The number of benzene rings is 1. The van der Waals surface area contributed by atoms with Crippen molar-refractivity contribution in [2.75, 3.05) is 6.61 Å². The second-order valence-corrected chi connectivity index (χ2v) is 10.8. The predicted molar refractivity (Wildman–Crippen MR) is 136 cm³/mol. The van der Waals surface area contributed by atoms with Crippen LogP contribution in [0.15, 0.2) is 36.7 Å². The van der Waals surface area contributed by atoms with Gasteiger partial charge in [-0.15, -0.1) is 13.2 Å². The molecule has 0 unspecified atom stereocenters. The van der Waals surface area contributed by atoms with Crippen LogP contribution in [-0.4, -0.2) is 43.5 Å². The van der Waals surface area contributed by atoms with Gasteiger partial charge < -0.3 is 24.9 Å². The molecule has 0 amide bonds. The van der Waals surface area contributed by atoms with Gasteiger partial charge in [0.15, 0.2) is 0 Å². The number of hydrogen-bond acceptors (Lipinski definition) is 8. The van der Waals surface area contributed by atoms with E-state index >= 15 is 0 Å². The number of nitro groups is 1. The van der Waals surface area contributed by atoms with Crippen molar-refractivity contribution in [2.24, 2.45) is 0 Å². The molecule has 1 atom stereocenters. The number of nitrogens with zero attached hydrogens (tertiary/aromatic N) is 5. The highest BCUT2D eigenvalue weighted by atomic mass is 19.4. The maximum Gasteiger partial charge on any atom is 0.573 e. The number of hydrogen-bond donors (Lipinski definition) is 1. The Labute approximate surface area is 228 Å². The number of nitrogens with one attached hydrogen (secondary N) is 1. The molecule has 0 radical (unpaired) electrons. The van der Waals surface area contributed by atoms with Crippen molar-refractivity contribution in [2.45, 2.75) is 81.8 Å². The molecule has 3 aliphatic rings. The van der Waals surface area contributed by atoms with Crippen molar-refractivity contribution < 1.29 is 27.6 Å².